The van der Waals surface area contributed by atoms with Crippen LogP contribution in [0.3, 0.4) is 0 Å². The van der Waals surface area contributed by atoms with Crippen LogP contribution < -0.4 is 10.6 Å². The highest BCUT2D eigenvalue weighted by Gasteiger charge is 2.39. The third kappa shape index (κ3) is 1.97. The van der Waals surface area contributed by atoms with Gasteiger partial charge in [0.1, 0.15) is 0 Å². The van der Waals surface area contributed by atoms with E-state index in [1.807, 2.05) is 0 Å². The number of rotatable bonds is 3. The summed E-state index contributed by atoms with van der Waals surface area (Å²) in [5.41, 5.74) is 0. The Morgan fingerprint density at radius 1 is 1.25 bits per heavy atom. The lowest BCUT2D eigenvalue weighted by Crippen LogP contribution is -2.42. The van der Waals surface area contributed by atoms with Crippen molar-refractivity contribution in [2.45, 2.75) is 44.6 Å². The monoisotopic (exact) mass is 222 g/mol. The van der Waals surface area contributed by atoms with Crippen LogP contribution in [0.2, 0.25) is 0 Å². The Morgan fingerprint density at radius 3 is 2.81 bits per heavy atom. The molecule has 3 unspecified atom stereocenters. The third-order valence-electron chi connectivity index (χ3n) is 4.80. The Hall–Kier alpha value is -0.570. The van der Waals surface area contributed by atoms with Crippen LogP contribution in [-0.4, -0.2) is 25.0 Å². The predicted molar refractivity (Wildman–Crippen MR) is 63.0 cm³/mol. The summed E-state index contributed by atoms with van der Waals surface area (Å²) < 4.78 is 0. The largest absolute Gasteiger partial charge is 0.354 e. The molecule has 1 saturated heterocycles. The fourth-order valence-corrected chi connectivity index (χ4v) is 3.89. The van der Waals surface area contributed by atoms with Gasteiger partial charge in [0.15, 0.2) is 0 Å². The average molecular weight is 222 g/mol. The number of fused-ring (bicyclic) bond motifs is 2. The first-order chi connectivity index (χ1) is 7.83. The van der Waals surface area contributed by atoms with Crippen molar-refractivity contribution >= 4 is 5.91 Å². The minimum atomic E-state index is 0.0959. The molecule has 16 heavy (non-hydrogen) atoms. The number of carbonyl (C=O) groups is 1. The molecular weight excluding hydrogens is 200 g/mol. The third-order valence-corrected chi connectivity index (χ3v) is 4.80. The highest BCUT2D eigenvalue weighted by molar-refractivity contribution is 5.81. The summed E-state index contributed by atoms with van der Waals surface area (Å²) in [6.07, 6.45) is 7.81. The van der Waals surface area contributed by atoms with Crippen molar-refractivity contribution in [2.24, 2.45) is 17.8 Å². The van der Waals surface area contributed by atoms with Crippen molar-refractivity contribution in [3.05, 3.63) is 0 Å². The summed E-state index contributed by atoms with van der Waals surface area (Å²) in [4.78, 5) is 11.8. The number of hydrogen-bond acceptors (Lipinski definition) is 2. The molecule has 2 bridgehead atoms. The molecule has 3 rings (SSSR count). The van der Waals surface area contributed by atoms with Crippen LogP contribution in [0.1, 0.15) is 38.5 Å². The van der Waals surface area contributed by atoms with Crippen LogP contribution in [0.25, 0.3) is 0 Å². The first-order valence-electron chi connectivity index (χ1n) is 6.84. The number of amides is 1. The fraction of sp³-hybridized carbons (Fsp3) is 0.923. The molecule has 1 aliphatic heterocycles. The average Bonchev–Trinajstić information content (AvgIpc) is 3.01. The van der Waals surface area contributed by atoms with Gasteiger partial charge in [0.25, 0.3) is 0 Å². The van der Waals surface area contributed by atoms with Gasteiger partial charge >= 0.3 is 0 Å². The molecular formula is C13H22N2O. The summed E-state index contributed by atoms with van der Waals surface area (Å²) in [5, 5.41) is 6.40. The maximum Gasteiger partial charge on any atom is 0.237 e. The van der Waals surface area contributed by atoms with Crippen molar-refractivity contribution in [1.82, 2.24) is 10.6 Å². The quantitative estimate of drug-likeness (QED) is 0.755. The maximum atomic E-state index is 11.8. The molecule has 0 aromatic carbocycles. The molecule has 0 radical (unpaired) electrons. The fourth-order valence-electron chi connectivity index (χ4n) is 3.89. The molecule has 90 valence electrons. The Bertz CT molecular complexity index is 273. The van der Waals surface area contributed by atoms with Crippen molar-refractivity contribution in [2.75, 3.05) is 13.1 Å². The molecule has 2 N–H and O–H groups in total. The Kier molecular flexibility index (Phi) is 2.88. The zero-order chi connectivity index (χ0) is 11.0. The highest BCUT2D eigenvalue weighted by atomic mass is 16.2. The van der Waals surface area contributed by atoms with Crippen LogP contribution in [0, 0.1) is 17.8 Å². The van der Waals surface area contributed by atoms with Gasteiger partial charge in [-0.1, -0.05) is 6.42 Å². The normalized spacial score (nSPS) is 41.5. The second-order valence-electron chi connectivity index (χ2n) is 5.83. The van der Waals surface area contributed by atoms with Crippen LogP contribution in [0.5, 0.6) is 0 Å². The Morgan fingerprint density at radius 2 is 2.19 bits per heavy atom. The van der Waals surface area contributed by atoms with Gasteiger partial charge in [0.05, 0.1) is 6.04 Å². The molecule has 3 heteroatoms. The van der Waals surface area contributed by atoms with E-state index in [9.17, 15) is 4.79 Å². The van der Waals surface area contributed by atoms with Gasteiger partial charge in [-0.05, 0) is 56.4 Å². The van der Waals surface area contributed by atoms with E-state index < -0.39 is 0 Å². The molecule has 3 aliphatic rings. The van der Waals surface area contributed by atoms with Crippen LogP contribution in [0.4, 0.5) is 0 Å². The lowest BCUT2D eigenvalue weighted by atomic mass is 9.89. The van der Waals surface area contributed by atoms with E-state index in [0.717, 1.165) is 43.7 Å². The van der Waals surface area contributed by atoms with Crippen molar-refractivity contribution < 1.29 is 4.79 Å². The smallest absolute Gasteiger partial charge is 0.237 e. The summed E-state index contributed by atoms with van der Waals surface area (Å²) in [7, 11) is 0. The van der Waals surface area contributed by atoms with Crippen LogP contribution in [0.15, 0.2) is 0 Å². The van der Waals surface area contributed by atoms with Gasteiger partial charge in [0, 0.05) is 6.54 Å². The molecule has 0 aromatic rings. The first kappa shape index (κ1) is 10.6. The van der Waals surface area contributed by atoms with Crippen LogP contribution in [-0.2, 0) is 4.79 Å². The van der Waals surface area contributed by atoms with Crippen molar-refractivity contribution in [1.29, 1.82) is 0 Å². The molecule has 0 aromatic heterocycles. The van der Waals surface area contributed by atoms with Gasteiger partial charge in [-0.3, -0.25) is 4.79 Å². The summed E-state index contributed by atoms with van der Waals surface area (Å²) in [6, 6.07) is 0.0959. The summed E-state index contributed by atoms with van der Waals surface area (Å²) in [5.74, 6) is 2.92. The van der Waals surface area contributed by atoms with E-state index in [1.54, 1.807) is 0 Å². The predicted octanol–water partition coefficient (Wildman–Crippen LogP) is 1.29. The molecule has 1 heterocycles. The highest BCUT2D eigenvalue weighted by Crippen LogP contribution is 2.47. The molecule has 2 saturated carbocycles. The molecule has 0 spiro atoms. The lowest BCUT2D eigenvalue weighted by molar-refractivity contribution is -0.123. The SMILES string of the molecule is O=C(NCC1CC2CCC1C2)[C@H]1CCCN1. The Balaban J connectivity index is 1.44. The van der Waals surface area contributed by atoms with E-state index in [0.29, 0.717) is 0 Å². The zero-order valence-electron chi connectivity index (χ0n) is 9.87. The number of carbonyl (C=O) groups excluding carboxylic acids is 1. The molecule has 3 fully saturated rings. The summed E-state index contributed by atoms with van der Waals surface area (Å²) >= 11 is 0. The van der Waals surface area contributed by atoms with Gasteiger partial charge in [-0.25, -0.2) is 0 Å². The van der Waals surface area contributed by atoms with Gasteiger partial charge in [-0.2, -0.15) is 0 Å². The number of nitrogens with one attached hydrogen (secondary N) is 2. The molecule has 3 nitrogen and oxygen atoms in total. The van der Waals surface area contributed by atoms with Gasteiger partial charge < -0.3 is 10.6 Å². The summed E-state index contributed by atoms with van der Waals surface area (Å²) in [6.45, 7) is 1.93. The van der Waals surface area contributed by atoms with Crippen molar-refractivity contribution in [3.63, 3.8) is 0 Å². The van der Waals surface area contributed by atoms with E-state index in [4.69, 9.17) is 0 Å². The van der Waals surface area contributed by atoms with Gasteiger partial charge in [0.2, 0.25) is 5.91 Å². The maximum absolute atomic E-state index is 11.8. The van der Waals surface area contributed by atoms with E-state index >= 15 is 0 Å². The second kappa shape index (κ2) is 4.36. The second-order valence-corrected chi connectivity index (χ2v) is 5.83. The Labute approximate surface area is 97.4 Å². The lowest BCUT2D eigenvalue weighted by Gasteiger charge is -2.22. The minimum absolute atomic E-state index is 0.0959. The van der Waals surface area contributed by atoms with Gasteiger partial charge in [-0.15, -0.1) is 0 Å². The van der Waals surface area contributed by atoms with Crippen molar-refractivity contribution in [3.8, 4) is 0 Å². The topological polar surface area (TPSA) is 41.1 Å². The minimum Gasteiger partial charge on any atom is -0.354 e. The number of hydrogen-bond donors (Lipinski definition) is 2. The van der Waals surface area contributed by atoms with E-state index in [2.05, 4.69) is 10.6 Å². The molecule has 4 atom stereocenters. The molecule has 1 amide bonds. The standard InChI is InChI=1S/C13H22N2O/c16-13(12-2-1-5-14-12)15-8-11-7-9-3-4-10(11)6-9/h9-12,14H,1-8H2,(H,15,16)/t9?,10?,11?,12-/m1/s1. The van der Waals surface area contributed by atoms with E-state index in [-0.39, 0.29) is 11.9 Å². The van der Waals surface area contributed by atoms with E-state index in [1.165, 1.54) is 25.7 Å². The zero-order valence-corrected chi connectivity index (χ0v) is 9.87. The first-order valence-corrected chi connectivity index (χ1v) is 6.84. The van der Waals surface area contributed by atoms with Crippen LogP contribution >= 0.6 is 0 Å². The molecule has 2 aliphatic carbocycles.